The van der Waals surface area contributed by atoms with Crippen molar-refractivity contribution in [3.05, 3.63) is 76.4 Å². The van der Waals surface area contributed by atoms with E-state index in [1.165, 1.54) is 6.07 Å². The van der Waals surface area contributed by atoms with Crippen LogP contribution in [-0.2, 0) is 6.42 Å². The predicted molar refractivity (Wildman–Crippen MR) is 117 cm³/mol. The number of pyridine rings is 2. The molecule has 3 aromatic heterocycles. The molecule has 0 saturated heterocycles. The second-order valence-corrected chi connectivity index (χ2v) is 7.90. The number of aryl methyl sites for hydroxylation is 1. The SMILES string of the molecule is CC(CCNC1CCCc2ncncc21)n1cc(C(N)=O)cc(-c2ccccn2)c1=O. The maximum Gasteiger partial charge on any atom is 0.260 e. The zero-order valence-electron chi connectivity index (χ0n) is 17.5. The highest BCUT2D eigenvalue weighted by atomic mass is 16.1. The molecule has 0 aromatic carbocycles. The van der Waals surface area contributed by atoms with Crippen molar-refractivity contribution in [2.45, 2.75) is 44.7 Å². The largest absolute Gasteiger partial charge is 0.366 e. The summed E-state index contributed by atoms with van der Waals surface area (Å²) in [7, 11) is 0. The molecule has 0 spiro atoms. The van der Waals surface area contributed by atoms with E-state index in [1.807, 2.05) is 19.2 Å². The molecule has 0 radical (unpaired) electrons. The number of rotatable bonds is 7. The topological polar surface area (TPSA) is 116 Å². The van der Waals surface area contributed by atoms with Gasteiger partial charge in [0.05, 0.1) is 16.8 Å². The van der Waals surface area contributed by atoms with Gasteiger partial charge in [-0.25, -0.2) is 9.97 Å². The van der Waals surface area contributed by atoms with Gasteiger partial charge in [0.1, 0.15) is 6.33 Å². The number of carbonyl (C=O) groups excluding carboxylic acids is 1. The van der Waals surface area contributed by atoms with Gasteiger partial charge in [-0.3, -0.25) is 14.6 Å². The molecule has 2 unspecified atom stereocenters. The Morgan fingerprint density at radius 1 is 1.35 bits per heavy atom. The average molecular weight is 419 g/mol. The van der Waals surface area contributed by atoms with Gasteiger partial charge < -0.3 is 15.6 Å². The van der Waals surface area contributed by atoms with Crippen LogP contribution < -0.4 is 16.6 Å². The first-order chi connectivity index (χ1) is 15.0. The number of nitrogens with zero attached hydrogens (tertiary/aromatic N) is 4. The van der Waals surface area contributed by atoms with Gasteiger partial charge in [0.2, 0.25) is 5.91 Å². The normalized spacial score (nSPS) is 16.5. The van der Waals surface area contributed by atoms with E-state index in [4.69, 9.17) is 5.73 Å². The summed E-state index contributed by atoms with van der Waals surface area (Å²) in [4.78, 5) is 37.8. The maximum atomic E-state index is 13.1. The minimum Gasteiger partial charge on any atom is -0.366 e. The number of nitrogens with one attached hydrogen (secondary N) is 1. The van der Waals surface area contributed by atoms with Crippen LogP contribution in [-0.4, -0.2) is 32.0 Å². The lowest BCUT2D eigenvalue weighted by Crippen LogP contribution is -2.31. The van der Waals surface area contributed by atoms with E-state index >= 15 is 0 Å². The molecule has 0 saturated carbocycles. The van der Waals surface area contributed by atoms with Crippen LogP contribution in [0.4, 0.5) is 0 Å². The lowest BCUT2D eigenvalue weighted by Gasteiger charge is -2.26. The van der Waals surface area contributed by atoms with Crippen LogP contribution >= 0.6 is 0 Å². The van der Waals surface area contributed by atoms with Gasteiger partial charge in [0.25, 0.3) is 5.56 Å². The third-order valence-electron chi connectivity index (χ3n) is 5.80. The number of hydrogen-bond donors (Lipinski definition) is 2. The van der Waals surface area contributed by atoms with E-state index in [9.17, 15) is 9.59 Å². The Kier molecular flexibility index (Phi) is 6.18. The molecular weight excluding hydrogens is 392 g/mol. The van der Waals surface area contributed by atoms with Crippen LogP contribution in [0.3, 0.4) is 0 Å². The lowest BCUT2D eigenvalue weighted by molar-refractivity contribution is 0.0999. The molecule has 0 aliphatic heterocycles. The molecule has 4 rings (SSSR count). The summed E-state index contributed by atoms with van der Waals surface area (Å²) < 4.78 is 1.59. The summed E-state index contributed by atoms with van der Waals surface area (Å²) in [6.45, 7) is 2.68. The molecular formula is C23H26N6O2. The summed E-state index contributed by atoms with van der Waals surface area (Å²) in [5, 5.41) is 3.58. The van der Waals surface area contributed by atoms with E-state index in [0.29, 0.717) is 29.8 Å². The second kappa shape index (κ2) is 9.18. The van der Waals surface area contributed by atoms with Crippen LogP contribution in [0.15, 0.2) is 54.0 Å². The van der Waals surface area contributed by atoms with Crippen LogP contribution in [0.1, 0.15) is 59.9 Å². The minimum absolute atomic E-state index is 0.128. The molecule has 1 amide bonds. The molecule has 3 aromatic rings. The van der Waals surface area contributed by atoms with E-state index in [-0.39, 0.29) is 17.6 Å². The third kappa shape index (κ3) is 4.54. The lowest BCUT2D eigenvalue weighted by atomic mass is 9.92. The van der Waals surface area contributed by atoms with Crippen LogP contribution in [0, 0.1) is 0 Å². The molecule has 2 atom stereocenters. The molecule has 160 valence electrons. The quantitative estimate of drug-likeness (QED) is 0.609. The van der Waals surface area contributed by atoms with E-state index in [0.717, 1.165) is 30.5 Å². The Labute approximate surface area is 180 Å². The van der Waals surface area contributed by atoms with Crippen LogP contribution in [0.25, 0.3) is 11.3 Å². The maximum absolute atomic E-state index is 13.1. The van der Waals surface area contributed by atoms with Crippen molar-refractivity contribution in [3.63, 3.8) is 0 Å². The highest BCUT2D eigenvalue weighted by Gasteiger charge is 2.21. The van der Waals surface area contributed by atoms with Crippen molar-refractivity contribution < 1.29 is 4.79 Å². The van der Waals surface area contributed by atoms with Gasteiger partial charge in [-0.05, 0) is 57.4 Å². The molecule has 31 heavy (non-hydrogen) atoms. The monoisotopic (exact) mass is 418 g/mol. The standard InChI is InChI=1S/C23H26N6O2/c1-15(8-10-27-20-6-4-7-21-18(20)12-25-14-28-21)29-13-16(22(24)30)11-17(23(29)31)19-5-2-3-9-26-19/h2-3,5,9,11-15,20,27H,4,6-8,10H2,1H3,(H2,24,30). The Morgan fingerprint density at radius 2 is 2.23 bits per heavy atom. The number of primary amides is 1. The first kappa shape index (κ1) is 20.9. The number of fused-ring (bicyclic) bond motifs is 1. The van der Waals surface area contributed by atoms with E-state index in [1.54, 1.807) is 35.4 Å². The molecule has 0 fully saturated rings. The molecule has 3 N–H and O–H groups in total. The number of carbonyl (C=O) groups is 1. The molecule has 1 aliphatic rings. The van der Waals surface area contributed by atoms with Crippen molar-refractivity contribution in [2.24, 2.45) is 5.73 Å². The molecule has 1 aliphatic carbocycles. The Bertz CT molecular complexity index is 1130. The fraction of sp³-hybridized carbons (Fsp3) is 0.348. The van der Waals surface area contributed by atoms with Gasteiger partial charge in [-0.2, -0.15) is 0 Å². The van der Waals surface area contributed by atoms with E-state index in [2.05, 4.69) is 20.3 Å². The average Bonchev–Trinajstić information content (AvgIpc) is 2.79. The fourth-order valence-electron chi connectivity index (χ4n) is 4.08. The van der Waals surface area contributed by atoms with Crippen LogP contribution in [0.2, 0.25) is 0 Å². The Morgan fingerprint density at radius 3 is 3.00 bits per heavy atom. The number of nitrogens with two attached hydrogens (primary N) is 1. The first-order valence-corrected chi connectivity index (χ1v) is 10.5. The minimum atomic E-state index is -0.574. The predicted octanol–water partition coefficient (Wildman–Crippen LogP) is 2.42. The summed E-state index contributed by atoms with van der Waals surface area (Å²) in [5.74, 6) is -0.574. The summed E-state index contributed by atoms with van der Waals surface area (Å²) in [6.07, 6.45) is 10.5. The summed E-state index contributed by atoms with van der Waals surface area (Å²) in [5.41, 5.74) is 8.79. The van der Waals surface area contributed by atoms with E-state index < -0.39 is 5.91 Å². The Hall–Kier alpha value is -3.39. The van der Waals surface area contributed by atoms with Gasteiger partial charge >= 0.3 is 0 Å². The first-order valence-electron chi connectivity index (χ1n) is 10.5. The van der Waals surface area contributed by atoms with Gasteiger partial charge in [0, 0.05) is 41.9 Å². The van der Waals surface area contributed by atoms with Crippen molar-refractivity contribution in [2.75, 3.05) is 6.54 Å². The Balaban J connectivity index is 1.52. The van der Waals surface area contributed by atoms with Gasteiger partial charge in [-0.15, -0.1) is 0 Å². The zero-order valence-corrected chi connectivity index (χ0v) is 17.5. The van der Waals surface area contributed by atoms with Crippen molar-refractivity contribution >= 4 is 5.91 Å². The molecule has 3 heterocycles. The third-order valence-corrected chi connectivity index (χ3v) is 5.80. The summed E-state index contributed by atoms with van der Waals surface area (Å²) in [6, 6.07) is 6.95. The zero-order chi connectivity index (χ0) is 21.8. The van der Waals surface area contributed by atoms with Crippen LogP contribution in [0.5, 0.6) is 0 Å². The molecule has 8 nitrogen and oxygen atoms in total. The highest BCUT2D eigenvalue weighted by Crippen LogP contribution is 2.27. The van der Waals surface area contributed by atoms with Gasteiger partial charge in [-0.1, -0.05) is 6.07 Å². The smallest absolute Gasteiger partial charge is 0.260 e. The van der Waals surface area contributed by atoms with Crippen molar-refractivity contribution in [1.29, 1.82) is 0 Å². The number of amides is 1. The number of hydrogen-bond acceptors (Lipinski definition) is 6. The molecule has 0 bridgehead atoms. The van der Waals surface area contributed by atoms with Crippen molar-refractivity contribution in [3.8, 4) is 11.3 Å². The van der Waals surface area contributed by atoms with Crippen molar-refractivity contribution in [1.82, 2.24) is 24.8 Å². The summed E-state index contributed by atoms with van der Waals surface area (Å²) >= 11 is 0. The second-order valence-electron chi connectivity index (χ2n) is 7.90. The molecule has 8 heteroatoms. The van der Waals surface area contributed by atoms with Gasteiger partial charge in [0.15, 0.2) is 0 Å². The fourth-order valence-corrected chi connectivity index (χ4v) is 4.08. The number of aromatic nitrogens is 4. The highest BCUT2D eigenvalue weighted by molar-refractivity contribution is 5.93.